The van der Waals surface area contributed by atoms with Crippen LogP contribution in [0, 0.1) is 17.7 Å². The molecular formula is C14H10ClFN2OS. The molecular weight excluding hydrogens is 299 g/mol. The molecule has 102 valence electrons. The van der Waals surface area contributed by atoms with Gasteiger partial charge in [-0.05, 0) is 30.3 Å². The highest BCUT2D eigenvalue weighted by molar-refractivity contribution is 7.18. The summed E-state index contributed by atoms with van der Waals surface area (Å²) in [6.07, 6.45) is 0. The molecule has 0 unspecified atom stereocenters. The SMILES string of the molecule is NCC#Cc1ccc(NC(=O)c2ccc(Cl)s2)cc1F. The fraction of sp³-hybridized carbons (Fsp3) is 0.0714. The minimum absolute atomic E-state index is 0.164. The summed E-state index contributed by atoms with van der Waals surface area (Å²) < 4.78 is 14.2. The minimum Gasteiger partial charge on any atom is -0.321 e. The molecule has 1 amide bonds. The molecule has 20 heavy (non-hydrogen) atoms. The Bertz CT molecular complexity index is 703. The van der Waals surface area contributed by atoms with E-state index in [9.17, 15) is 9.18 Å². The van der Waals surface area contributed by atoms with Gasteiger partial charge in [-0.3, -0.25) is 4.79 Å². The molecule has 1 heterocycles. The third kappa shape index (κ3) is 3.58. The van der Waals surface area contributed by atoms with E-state index >= 15 is 0 Å². The summed E-state index contributed by atoms with van der Waals surface area (Å²) in [5, 5.41) is 2.60. The maximum atomic E-state index is 13.7. The number of nitrogens with two attached hydrogens (primary N) is 1. The van der Waals surface area contributed by atoms with E-state index in [0.717, 1.165) is 11.3 Å². The normalized spacial score (nSPS) is 9.75. The van der Waals surface area contributed by atoms with Gasteiger partial charge in [0, 0.05) is 5.69 Å². The highest BCUT2D eigenvalue weighted by Gasteiger charge is 2.10. The quantitative estimate of drug-likeness (QED) is 0.838. The molecule has 2 aromatic rings. The lowest BCUT2D eigenvalue weighted by molar-refractivity contribution is 0.103. The molecule has 0 aliphatic carbocycles. The van der Waals surface area contributed by atoms with Gasteiger partial charge < -0.3 is 11.1 Å². The van der Waals surface area contributed by atoms with E-state index < -0.39 is 5.82 Å². The van der Waals surface area contributed by atoms with E-state index in [1.807, 2.05) is 0 Å². The van der Waals surface area contributed by atoms with Gasteiger partial charge in [-0.15, -0.1) is 11.3 Å². The van der Waals surface area contributed by atoms with Crippen LogP contribution in [0.4, 0.5) is 10.1 Å². The van der Waals surface area contributed by atoms with E-state index in [0.29, 0.717) is 14.9 Å². The number of thiophene rings is 1. The van der Waals surface area contributed by atoms with Crippen molar-refractivity contribution in [3.8, 4) is 11.8 Å². The van der Waals surface area contributed by atoms with Crippen LogP contribution in [0.1, 0.15) is 15.2 Å². The number of halogens is 2. The number of hydrogen-bond donors (Lipinski definition) is 2. The molecule has 3 N–H and O–H groups in total. The van der Waals surface area contributed by atoms with Crippen LogP contribution in [0.25, 0.3) is 0 Å². The lowest BCUT2D eigenvalue weighted by Crippen LogP contribution is -2.10. The molecule has 3 nitrogen and oxygen atoms in total. The molecule has 0 aliphatic rings. The zero-order valence-corrected chi connectivity index (χ0v) is 11.8. The van der Waals surface area contributed by atoms with Gasteiger partial charge in [-0.2, -0.15) is 0 Å². The van der Waals surface area contributed by atoms with Crippen LogP contribution in [-0.2, 0) is 0 Å². The summed E-state index contributed by atoms with van der Waals surface area (Å²) in [6, 6.07) is 7.53. The van der Waals surface area contributed by atoms with Gasteiger partial charge in [0.25, 0.3) is 5.91 Å². The van der Waals surface area contributed by atoms with Crippen molar-refractivity contribution in [1.82, 2.24) is 0 Å². The number of rotatable bonds is 2. The van der Waals surface area contributed by atoms with Crippen LogP contribution >= 0.6 is 22.9 Å². The number of carbonyl (C=O) groups is 1. The second kappa shape index (κ2) is 6.53. The Morgan fingerprint density at radius 1 is 1.40 bits per heavy atom. The Morgan fingerprint density at radius 2 is 2.20 bits per heavy atom. The largest absolute Gasteiger partial charge is 0.321 e. The first-order chi connectivity index (χ1) is 9.60. The van der Waals surface area contributed by atoms with Crippen molar-refractivity contribution in [3.05, 3.63) is 50.9 Å². The van der Waals surface area contributed by atoms with Crippen molar-refractivity contribution < 1.29 is 9.18 Å². The van der Waals surface area contributed by atoms with Crippen molar-refractivity contribution in [2.75, 3.05) is 11.9 Å². The van der Waals surface area contributed by atoms with Crippen LogP contribution in [-0.4, -0.2) is 12.5 Å². The number of amides is 1. The molecule has 0 spiro atoms. The topological polar surface area (TPSA) is 55.1 Å². The predicted octanol–water partition coefficient (Wildman–Crippen LogP) is 3.10. The third-order valence-corrected chi connectivity index (χ3v) is 3.58. The number of anilines is 1. The summed E-state index contributed by atoms with van der Waals surface area (Å²) in [4.78, 5) is 12.3. The molecule has 1 aromatic heterocycles. The molecule has 1 aromatic carbocycles. The van der Waals surface area contributed by atoms with Gasteiger partial charge in [-0.1, -0.05) is 23.4 Å². The Balaban J connectivity index is 2.14. The van der Waals surface area contributed by atoms with Crippen molar-refractivity contribution >= 4 is 34.5 Å². The average Bonchev–Trinajstić information content (AvgIpc) is 2.85. The lowest BCUT2D eigenvalue weighted by Gasteiger charge is -2.04. The van der Waals surface area contributed by atoms with Gasteiger partial charge in [-0.25, -0.2) is 4.39 Å². The molecule has 2 rings (SSSR count). The molecule has 0 fully saturated rings. The first-order valence-electron chi connectivity index (χ1n) is 5.65. The monoisotopic (exact) mass is 308 g/mol. The van der Waals surface area contributed by atoms with Crippen LogP contribution in [0.5, 0.6) is 0 Å². The molecule has 0 saturated heterocycles. The Morgan fingerprint density at radius 3 is 2.80 bits per heavy atom. The summed E-state index contributed by atoms with van der Waals surface area (Å²) in [6.45, 7) is 0.164. The molecule has 0 saturated carbocycles. The fourth-order valence-corrected chi connectivity index (χ4v) is 2.41. The van der Waals surface area contributed by atoms with E-state index in [4.69, 9.17) is 17.3 Å². The van der Waals surface area contributed by atoms with Crippen LogP contribution in [0.15, 0.2) is 30.3 Å². The molecule has 0 aliphatic heterocycles. The zero-order chi connectivity index (χ0) is 14.5. The maximum Gasteiger partial charge on any atom is 0.265 e. The Labute approximate surface area is 124 Å². The van der Waals surface area contributed by atoms with Crippen molar-refractivity contribution in [1.29, 1.82) is 0 Å². The standard InChI is InChI=1S/C14H10ClFN2OS/c15-13-6-5-12(20-13)14(19)18-10-4-3-9(2-1-7-17)11(16)8-10/h3-6,8H,7,17H2,(H,18,19). The van der Waals surface area contributed by atoms with E-state index in [-0.39, 0.29) is 18.0 Å². The van der Waals surface area contributed by atoms with Crippen LogP contribution < -0.4 is 11.1 Å². The van der Waals surface area contributed by atoms with Gasteiger partial charge in [0.05, 0.1) is 21.3 Å². The Kier molecular flexibility index (Phi) is 4.74. The smallest absolute Gasteiger partial charge is 0.265 e. The first kappa shape index (κ1) is 14.5. The molecule has 0 atom stereocenters. The second-order valence-electron chi connectivity index (χ2n) is 3.76. The van der Waals surface area contributed by atoms with E-state index in [1.165, 1.54) is 12.1 Å². The second-order valence-corrected chi connectivity index (χ2v) is 5.47. The van der Waals surface area contributed by atoms with Crippen molar-refractivity contribution in [2.45, 2.75) is 0 Å². The Hall–Kier alpha value is -1.87. The molecule has 0 bridgehead atoms. The summed E-state index contributed by atoms with van der Waals surface area (Å²) >= 11 is 6.91. The van der Waals surface area contributed by atoms with Crippen LogP contribution in [0.3, 0.4) is 0 Å². The highest BCUT2D eigenvalue weighted by Crippen LogP contribution is 2.22. The molecule has 0 radical (unpaired) electrons. The minimum atomic E-state index is -0.507. The summed E-state index contributed by atoms with van der Waals surface area (Å²) in [5.41, 5.74) is 5.83. The van der Waals surface area contributed by atoms with E-state index in [2.05, 4.69) is 17.2 Å². The average molecular weight is 309 g/mol. The highest BCUT2D eigenvalue weighted by atomic mass is 35.5. The zero-order valence-electron chi connectivity index (χ0n) is 10.2. The number of benzene rings is 1. The number of hydrogen-bond acceptors (Lipinski definition) is 3. The van der Waals surface area contributed by atoms with Gasteiger partial charge in [0.2, 0.25) is 0 Å². The summed E-state index contributed by atoms with van der Waals surface area (Å²) in [7, 11) is 0. The van der Waals surface area contributed by atoms with Crippen LogP contribution in [0.2, 0.25) is 4.34 Å². The fourth-order valence-electron chi connectivity index (χ4n) is 1.47. The van der Waals surface area contributed by atoms with Gasteiger partial charge >= 0.3 is 0 Å². The van der Waals surface area contributed by atoms with Crippen molar-refractivity contribution in [2.24, 2.45) is 5.73 Å². The number of nitrogens with one attached hydrogen (secondary N) is 1. The van der Waals surface area contributed by atoms with Gasteiger partial charge in [0.15, 0.2) is 0 Å². The lowest BCUT2D eigenvalue weighted by atomic mass is 10.2. The third-order valence-electron chi connectivity index (χ3n) is 2.35. The van der Waals surface area contributed by atoms with Crippen molar-refractivity contribution in [3.63, 3.8) is 0 Å². The molecule has 6 heteroatoms. The first-order valence-corrected chi connectivity index (χ1v) is 6.85. The predicted molar refractivity (Wildman–Crippen MR) is 79.6 cm³/mol. The van der Waals surface area contributed by atoms with Gasteiger partial charge in [0.1, 0.15) is 5.82 Å². The van der Waals surface area contributed by atoms with E-state index in [1.54, 1.807) is 18.2 Å². The summed E-state index contributed by atoms with van der Waals surface area (Å²) in [5.74, 6) is 4.34. The maximum absolute atomic E-state index is 13.7. The number of carbonyl (C=O) groups excluding carboxylic acids is 1.